The minimum absolute atomic E-state index is 0.188. The smallest absolute Gasteiger partial charge is 0.292 e. The van der Waals surface area contributed by atoms with E-state index in [2.05, 4.69) is 28.2 Å². The molecule has 0 unspecified atom stereocenters. The number of furan rings is 1. The first kappa shape index (κ1) is 17.2. The van der Waals surface area contributed by atoms with Crippen molar-refractivity contribution < 1.29 is 14.0 Å². The summed E-state index contributed by atoms with van der Waals surface area (Å²) in [6.45, 7) is 2.19. The molecule has 5 nitrogen and oxygen atoms in total. The van der Waals surface area contributed by atoms with Crippen LogP contribution >= 0.6 is 27.3 Å². The summed E-state index contributed by atoms with van der Waals surface area (Å²) in [6, 6.07) is 3.23. The number of nitrogens with one attached hydrogen (secondary N) is 1. The van der Waals surface area contributed by atoms with Gasteiger partial charge in [0, 0.05) is 4.88 Å². The highest BCUT2D eigenvalue weighted by atomic mass is 79.9. The lowest BCUT2D eigenvalue weighted by Crippen LogP contribution is -2.19. The van der Waals surface area contributed by atoms with Crippen LogP contribution in [0.25, 0.3) is 0 Å². The molecule has 3 N–H and O–H groups in total. The number of nitrogens with two attached hydrogens (primary N) is 1. The zero-order valence-electron chi connectivity index (χ0n) is 13.4. The molecule has 1 aliphatic carbocycles. The monoisotopic (exact) mass is 410 g/mol. The largest absolute Gasteiger partial charge is 0.444 e. The molecule has 0 bridgehead atoms. The standard InChI is InChI=1S/C17H19BrN2O3S/c1-2-3-9-4-5-10-12(8-9)24-17(14(10)15(19)21)20-16(22)11-6-7-13(18)23-11/h6-7,9H,2-5,8H2,1H3,(H2,19,21)(H,20,22)/t9-/m1/s1. The van der Waals surface area contributed by atoms with Crippen molar-refractivity contribution in [1.82, 2.24) is 0 Å². The van der Waals surface area contributed by atoms with Crippen molar-refractivity contribution in [3.63, 3.8) is 0 Å². The summed E-state index contributed by atoms with van der Waals surface area (Å²) in [5.74, 6) is -0.0387. The highest BCUT2D eigenvalue weighted by molar-refractivity contribution is 9.10. The van der Waals surface area contributed by atoms with Gasteiger partial charge in [-0.05, 0) is 58.8 Å². The van der Waals surface area contributed by atoms with Crippen LogP contribution in [0.5, 0.6) is 0 Å². The number of rotatable bonds is 5. The number of hydrogen-bond donors (Lipinski definition) is 2. The number of carbonyl (C=O) groups is 2. The van der Waals surface area contributed by atoms with Gasteiger partial charge in [-0.25, -0.2) is 0 Å². The number of carbonyl (C=O) groups excluding carboxylic acids is 2. The molecule has 3 rings (SSSR count). The number of thiophene rings is 1. The van der Waals surface area contributed by atoms with Gasteiger partial charge in [0.25, 0.3) is 11.8 Å². The third-order valence-corrected chi connectivity index (χ3v) is 5.93. The molecule has 2 aromatic rings. The van der Waals surface area contributed by atoms with Gasteiger partial charge in [-0.3, -0.25) is 9.59 Å². The zero-order valence-corrected chi connectivity index (χ0v) is 15.8. The van der Waals surface area contributed by atoms with E-state index in [-0.39, 0.29) is 11.7 Å². The number of primary amides is 1. The summed E-state index contributed by atoms with van der Waals surface area (Å²) >= 11 is 4.64. The third kappa shape index (κ3) is 3.42. The first-order valence-corrected chi connectivity index (χ1v) is 9.61. The predicted octanol–water partition coefficient (Wildman–Crippen LogP) is 4.36. The number of halogens is 1. The zero-order chi connectivity index (χ0) is 17.3. The van der Waals surface area contributed by atoms with Crippen molar-refractivity contribution in [1.29, 1.82) is 0 Å². The maximum Gasteiger partial charge on any atom is 0.292 e. The van der Waals surface area contributed by atoms with Crippen molar-refractivity contribution in [2.45, 2.75) is 39.0 Å². The Morgan fingerprint density at radius 2 is 2.25 bits per heavy atom. The lowest BCUT2D eigenvalue weighted by Gasteiger charge is -2.21. The molecule has 0 saturated carbocycles. The molecular formula is C17H19BrN2O3S. The maximum absolute atomic E-state index is 12.3. The van der Waals surface area contributed by atoms with Crippen LogP contribution in [0.15, 0.2) is 21.2 Å². The van der Waals surface area contributed by atoms with E-state index >= 15 is 0 Å². The van der Waals surface area contributed by atoms with Crippen LogP contribution in [0.1, 0.15) is 57.5 Å². The van der Waals surface area contributed by atoms with E-state index < -0.39 is 5.91 Å². The average Bonchev–Trinajstić information content (AvgIpc) is 3.10. The van der Waals surface area contributed by atoms with Gasteiger partial charge in [-0.1, -0.05) is 19.8 Å². The molecule has 1 aliphatic rings. The fourth-order valence-corrected chi connectivity index (χ4v) is 4.93. The van der Waals surface area contributed by atoms with Gasteiger partial charge in [-0.2, -0.15) is 0 Å². The van der Waals surface area contributed by atoms with E-state index in [0.29, 0.717) is 21.2 Å². The normalized spacial score (nSPS) is 16.7. The fraction of sp³-hybridized carbons (Fsp3) is 0.412. The van der Waals surface area contributed by atoms with Crippen molar-refractivity contribution in [3.05, 3.63) is 38.6 Å². The van der Waals surface area contributed by atoms with Gasteiger partial charge < -0.3 is 15.5 Å². The molecule has 7 heteroatoms. The second-order valence-corrected chi connectivity index (χ2v) is 7.91. The molecule has 2 aromatic heterocycles. The highest BCUT2D eigenvalue weighted by Crippen LogP contribution is 2.40. The van der Waals surface area contributed by atoms with E-state index in [1.54, 1.807) is 12.1 Å². The van der Waals surface area contributed by atoms with E-state index in [1.807, 2.05) is 0 Å². The number of anilines is 1. The van der Waals surface area contributed by atoms with Gasteiger partial charge in [0.05, 0.1) is 5.56 Å². The minimum atomic E-state index is -0.489. The molecule has 0 saturated heterocycles. The Bertz CT molecular complexity index is 781. The summed E-state index contributed by atoms with van der Waals surface area (Å²) in [6.07, 6.45) is 5.21. The molecule has 0 fully saturated rings. The summed E-state index contributed by atoms with van der Waals surface area (Å²) < 4.78 is 5.74. The lowest BCUT2D eigenvalue weighted by molar-refractivity contribution is 0.0996. The topological polar surface area (TPSA) is 85.3 Å². The Morgan fingerprint density at radius 3 is 2.88 bits per heavy atom. The molecule has 128 valence electrons. The SMILES string of the molecule is CCC[C@@H]1CCc2c(sc(NC(=O)c3ccc(Br)o3)c2C(N)=O)C1. The quantitative estimate of drug-likeness (QED) is 0.767. The molecule has 0 spiro atoms. The summed E-state index contributed by atoms with van der Waals surface area (Å²) in [5.41, 5.74) is 7.05. The maximum atomic E-state index is 12.3. The Kier molecular flexibility index (Phi) is 5.10. The van der Waals surface area contributed by atoms with Crippen LogP contribution in [0.4, 0.5) is 5.00 Å². The Hall–Kier alpha value is -1.60. The summed E-state index contributed by atoms with van der Waals surface area (Å²) in [7, 11) is 0. The van der Waals surface area contributed by atoms with Crippen LogP contribution in [-0.2, 0) is 12.8 Å². The van der Waals surface area contributed by atoms with Crippen molar-refractivity contribution in [3.8, 4) is 0 Å². The predicted molar refractivity (Wildman–Crippen MR) is 97.6 cm³/mol. The fourth-order valence-electron chi connectivity index (χ4n) is 3.26. The number of hydrogen-bond acceptors (Lipinski definition) is 4. The number of fused-ring (bicyclic) bond motifs is 1. The molecule has 2 amide bonds. The summed E-state index contributed by atoms with van der Waals surface area (Å²) in [5, 5.41) is 3.32. The van der Waals surface area contributed by atoms with Crippen LogP contribution in [-0.4, -0.2) is 11.8 Å². The Morgan fingerprint density at radius 1 is 1.46 bits per heavy atom. The van der Waals surface area contributed by atoms with E-state index in [1.165, 1.54) is 22.6 Å². The molecular weight excluding hydrogens is 392 g/mol. The Balaban J connectivity index is 1.88. The first-order valence-electron chi connectivity index (χ1n) is 8.00. The molecule has 2 heterocycles. The van der Waals surface area contributed by atoms with Crippen LogP contribution in [0.2, 0.25) is 0 Å². The minimum Gasteiger partial charge on any atom is -0.444 e. The van der Waals surface area contributed by atoms with E-state index in [9.17, 15) is 9.59 Å². The number of amides is 2. The highest BCUT2D eigenvalue weighted by Gasteiger charge is 2.28. The second kappa shape index (κ2) is 7.11. The molecule has 0 radical (unpaired) electrons. The third-order valence-electron chi connectivity index (χ3n) is 4.33. The average molecular weight is 411 g/mol. The van der Waals surface area contributed by atoms with Gasteiger partial charge in [0.15, 0.2) is 10.4 Å². The summed E-state index contributed by atoms with van der Waals surface area (Å²) in [4.78, 5) is 25.4. The Labute approximate surface area is 152 Å². The van der Waals surface area contributed by atoms with Crippen molar-refractivity contribution >= 4 is 44.1 Å². The van der Waals surface area contributed by atoms with Gasteiger partial charge in [-0.15, -0.1) is 11.3 Å². The second-order valence-electron chi connectivity index (χ2n) is 6.03. The van der Waals surface area contributed by atoms with E-state index in [0.717, 1.165) is 31.2 Å². The van der Waals surface area contributed by atoms with Gasteiger partial charge in [0.2, 0.25) is 0 Å². The van der Waals surface area contributed by atoms with Gasteiger partial charge >= 0.3 is 0 Å². The molecule has 0 aliphatic heterocycles. The van der Waals surface area contributed by atoms with Crippen LogP contribution in [0.3, 0.4) is 0 Å². The van der Waals surface area contributed by atoms with Crippen LogP contribution < -0.4 is 11.1 Å². The molecule has 1 atom stereocenters. The van der Waals surface area contributed by atoms with Crippen molar-refractivity contribution in [2.24, 2.45) is 11.7 Å². The molecule has 24 heavy (non-hydrogen) atoms. The van der Waals surface area contributed by atoms with Gasteiger partial charge in [0.1, 0.15) is 5.00 Å². The van der Waals surface area contributed by atoms with E-state index in [4.69, 9.17) is 10.2 Å². The first-order chi connectivity index (χ1) is 11.5. The lowest BCUT2D eigenvalue weighted by atomic mass is 9.84. The van der Waals surface area contributed by atoms with Crippen molar-refractivity contribution in [2.75, 3.05) is 5.32 Å². The molecule has 0 aromatic carbocycles. The van der Waals surface area contributed by atoms with Crippen LogP contribution in [0, 0.1) is 5.92 Å².